The Labute approximate surface area is 314 Å². The summed E-state index contributed by atoms with van der Waals surface area (Å²) in [7, 11) is 0.999. The molecule has 0 radical (unpaired) electrons. The first-order valence-electron chi connectivity index (χ1n) is 17.1. The molecule has 3 rings (SSSR count). The van der Waals surface area contributed by atoms with E-state index >= 15 is 0 Å². The van der Waals surface area contributed by atoms with Gasteiger partial charge in [-0.05, 0) is 49.9 Å². The van der Waals surface area contributed by atoms with Crippen LogP contribution < -0.4 is 26.0 Å². The highest BCUT2D eigenvalue weighted by Gasteiger charge is 2.35. The maximum absolute atomic E-state index is 14.0. The molecular formula is C37H43F2N5O11. The fraction of sp³-hybridized carbons (Fsp3) is 0.405. The van der Waals surface area contributed by atoms with Gasteiger partial charge in [-0.15, -0.1) is 0 Å². The summed E-state index contributed by atoms with van der Waals surface area (Å²) >= 11 is 0. The van der Waals surface area contributed by atoms with Crippen LogP contribution in [0.2, 0.25) is 0 Å². The lowest BCUT2D eigenvalue weighted by Gasteiger charge is -2.27. The first kappa shape index (κ1) is 43.4. The molecule has 296 valence electrons. The second-order valence-electron chi connectivity index (χ2n) is 12.9. The molecule has 0 saturated carbocycles. The van der Waals surface area contributed by atoms with Gasteiger partial charge >= 0.3 is 11.9 Å². The SMILES string of the molecule is COC(=O)C[C@H](NC(=O)C(NC(=O)[C@H](CCC(=O)O)NC(=O)[C@H](CC(C)C)NC(=O)c1ccc2ccccc2n1)C(C)O)C(=O)COc1c(F)cccc1F. The van der Waals surface area contributed by atoms with Crippen molar-refractivity contribution >= 4 is 52.3 Å². The van der Waals surface area contributed by atoms with E-state index in [1.165, 1.54) is 6.07 Å². The average molecular weight is 772 g/mol. The van der Waals surface area contributed by atoms with Gasteiger partial charge in [-0.2, -0.15) is 0 Å². The highest BCUT2D eigenvalue weighted by atomic mass is 19.1. The van der Waals surface area contributed by atoms with Gasteiger partial charge in [0, 0.05) is 11.8 Å². The number of benzene rings is 2. The van der Waals surface area contributed by atoms with E-state index in [1.54, 1.807) is 38.1 Å². The van der Waals surface area contributed by atoms with Gasteiger partial charge in [-0.1, -0.05) is 44.2 Å². The number of nitrogens with one attached hydrogen (secondary N) is 4. The molecule has 1 heterocycles. The predicted octanol–water partition coefficient (Wildman–Crippen LogP) is 1.57. The number of pyridine rings is 1. The fourth-order valence-electron chi connectivity index (χ4n) is 5.22. The Kier molecular flexibility index (Phi) is 16.1. The van der Waals surface area contributed by atoms with Gasteiger partial charge in [0.15, 0.2) is 23.2 Å². The van der Waals surface area contributed by atoms with Crippen molar-refractivity contribution in [2.75, 3.05) is 13.7 Å². The molecule has 0 bridgehead atoms. The lowest BCUT2D eigenvalue weighted by molar-refractivity contribution is -0.144. The third-order valence-corrected chi connectivity index (χ3v) is 8.08. The van der Waals surface area contributed by atoms with Crippen molar-refractivity contribution in [1.82, 2.24) is 26.3 Å². The number of hydrogen-bond donors (Lipinski definition) is 6. The third kappa shape index (κ3) is 13.1. The van der Waals surface area contributed by atoms with Crippen LogP contribution in [-0.4, -0.2) is 101 Å². The van der Waals surface area contributed by atoms with Crippen LogP contribution in [0, 0.1) is 17.6 Å². The molecule has 1 aromatic heterocycles. The molecule has 4 amide bonds. The maximum Gasteiger partial charge on any atom is 0.308 e. The zero-order chi connectivity index (χ0) is 40.8. The van der Waals surface area contributed by atoms with Crippen LogP contribution in [-0.2, 0) is 33.5 Å². The third-order valence-electron chi connectivity index (χ3n) is 8.08. The highest BCUT2D eigenvalue weighted by Crippen LogP contribution is 2.21. The van der Waals surface area contributed by atoms with Crippen LogP contribution in [0.3, 0.4) is 0 Å². The number of halogens is 2. The number of ketones is 1. The number of fused-ring (bicyclic) bond motifs is 1. The number of carbonyl (C=O) groups excluding carboxylic acids is 6. The van der Waals surface area contributed by atoms with Crippen molar-refractivity contribution in [3.8, 4) is 5.75 Å². The number of hydrogen-bond acceptors (Lipinski definition) is 11. The molecular weight excluding hydrogens is 728 g/mol. The van der Waals surface area contributed by atoms with E-state index in [0.717, 1.165) is 37.6 Å². The minimum Gasteiger partial charge on any atom is -0.481 e. The van der Waals surface area contributed by atoms with E-state index in [4.69, 9.17) is 4.74 Å². The molecule has 55 heavy (non-hydrogen) atoms. The van der Waals surface area contributed by atoms with Crippen molar-refractivity contribution in [2.45, 2.75) is 76.7 Å². The van der Waals surface area contributed by atoms with Gasteiger partial charge in [-0.25, -0.2) is 13.8 Å². The van der Waals surface area contributed by atoms with Gasteiger partial charge in [-0.3, -0.25) is 33.6 Å². The Hall–Kier alpha value is -6.04. The van der Waals surface area contributed by atoms with Gasteiger partial charge in [0.2, 0.25) is 17.7 Å². The standard InChI is InChI=1S/C37H43F2N5O11/c1-19(2)16-28(43-34(50)25-13-12-21-8-5-6-11-24(21)40-25)36(52)41-26(14-15-30(47)48)35(51)44-32(20(3)45)37(53)42-27(17-31(49)54-4)29(46)18-55-33-22(38)9-7-10-23(33)39/h5-13,19-20,26-28,32,45H,14-18H2,1-4H3,(H,41,52)(H,42,53)(H,43,50)(H,44,51)(H,47,48)/t20?,26-,27-,28-,32?/m0/s1. The second-order valence-corrected chi connectivity index (χ2v) is 12.9. The van der Waals surface area contributed by atoms with Crippen LogP contribution in [0.4, 0.5) is 8.78 Å². The number of rotatable bonds is 20. The van der Waals surface area contributed by atoms with E-state index in [-0.39, 0.29) is 18.0 Å². The molecule has 0 aliphatic rings. The smallest absolute Gasteiger partial charge is 0.308 e. The number of methoxy groups -OCH3 is 1. The van der Waals surface area contributed by atoms with E-state index in [0.29, 0.717) is 5.52 Å². The van der Waals surface area contributed by atoms with Gasteiger partial charge in [0.05, 0.1) is 25.2 Å². The Balaban J connectivity index is 1.78. The molecule has 18 heteroatoms. The lowest BCUT2D eigenvalue weighted by Crippen LogP contribution is -2.60. The summed E-state index contributed by atoms with van der Waals surface area (Å²) in [6.45, 7) is 3.65. The number of aliphatic hydroxyl groups is 1. The maximum atomic E-state index is 14.0. The number of carboxylic acids is 1. The number of amides is 4. The molecule has 5 atom stereocenters. The summed E-state index contributed by atoms with van der Waals surface area (Å²) in [6, 6.07) is 6.64. The topological polar surface area (TPSA) is 239 Å². The number of esters is 1. The molecule has 0 aliphatic carbocycles. The molecule has 6 N–H and O–H groups in total. The van der Waals surface area contributed by atoms with Crippen molar-refractivity contribution in [3.05, 3.63) is 71.9 Å². The van der Waals surface area contributed by atoms with Crippen LogP contribution >= 0.6 is 0 Å². The van der Waals surface area contributed by atoms with Gasteiger partial charge < -0.3 is 41.0 Å². The van der Waals surface area contributed by atoms with Crippen molar-refractivity contribution in [3.63, 3.8) is 0 Å². The van der Waals surface area contributed by atoms with E-state index < -0.39 is 115 Å². The molecule has 0 aliphatic heterocycles. The zero-order valence-corrected chi connectivity index (χ0v) is 30.5. The Morgan fingerprint density at radius 3 is 2.04 bits per heavy atom. The summed E-state index contributed by atoms with van der Waals surface area (Å²) in [5.74, 6) is -10.5. The number of aliphatic carboxylic acids is 1. The minimum atomic E-state index is -1.85. The molecule has 16 nitrogen and oxygen atoms in total. The van der Waals surface area contributed by atoms with Crippen LogP contribution in [0.25, 0.3) is 10.9 Å². The van der Waals surface area contributed by atoms with E-state index in [9.17, 15) is 52.6 Å². The highest BCUT2D eigenvalue weighted by molar-refractivity contribution is 5.99. The van der Waals surface area contributed by atoms with Crippen molar-refractivity contribution < 1.29 is 62.0 Å². The Morgan fingerprint density at radius 2 is 1.42 bits per heavy atom. The number of Topliss-reactive ketones (excluding diaryl/α,β-unsaturated/α-hetero) is 1. The zero-order valence-electron chi connectivity index (χ0n) is 30.5. The first-order chi connectivity index (χ1) is 26.0. The molecule has 2 unspecified atom stereocenters. The Bertz CT molecular complexity index is 1870. The molecule has 0 spiro atoms. The van der Waals surface area contributed by atoms with Crippen LogP contribution in [0.5, 0.6) is 5.75 Å². The Morgan fingerprint density at radius 1 is 0.782 bits per heavy atom. The number of aromatic nitrogens is 1. The van der Waals surface area contributed by atoms with Crippen LogP contribution in [0.15, 0.2) is 54.6 Å². The van der Waals surface area contributed by atoms with Crippen molar-refractivity contribution in [1.29, 1.82) is 0 Å². The lowest BCUT2D eigenvalue weighted by atomic mass is 10.0. The molecule has 3 aromatic rings. The largest absolute Gasteiger partial charge is 0.481 e. The van der Waals surface area contributed by atoms with Crippen LogP contribution in [0.1, 0.15) is 56.9 Å². The van der Waals surface area contributed by atoms with E-state index in [2.05, 4.69) is 31.0 Å². The fourth-order valence-corrected chi connectivity index (χ4v) is 5.22. The number of nitrogens with zero attached hydrogens (tertiary/aromatic N) is 1. The quantitative estimate of drug-likeness (QED) is 0.0898. The normalized spacial score (nSPS) is 13.7. The first-order valence-corrected chi connectivity index (χ1v) is 17.1. The number of aliphatic hydroxyl groups excluding tert-OH is 1. The molecule has 2 aromatic carbocycles. The molecule has 0 fully saturated rings. The number of carboxylic acid groups (broad SMARTS) is 1. The number of ether oxygens (including phenoxy) is 2. The second kappa shape index (κ2) is 20.4. The molecule has 0 saturated heterocycles. The average Bonchev–Trinajstić information content (AvgIpc) is 3.13. The van der Waals surface area contributed by atoms with E-state index in [1.807, 2.05) is 6.07 Å². The number of para-hydroxylation sites is 2. The summed E-state index contributed by atoms with van der Waals surface area (Å²) < 4.78 is 37.6. The van der Waals surface area contributed by atoms with Crippen molar-refractivity contribution in [2.24, 2.45) is 5.92 Å². The van der Waals surface area contributed by atoms with Gasteiger partial charge in [0.25, 0.3) is 5.91 Å². The summed E-state index contributed by atoms with van der Waals surface area (Å²) in [4.78, 5) is 94.6. The van der Waals surface area contributed by atoms with Gasteiger partial charge in [0.1, 0.15) is 36.5 Å². The summed E-state index contributed by atoms with van der Waals surface area (Å²) in [6.07, 6.45) is -3.45. The summed E-state index contributed by atoms with van der Waals surface area (Å²) in [5.41, 5.74) is 0.551. The monoisotopic (exact) mass is 771 g/mol. The minimum absolute atomic E-state index is 0.0150. The number of carbonyl (C=O) groups is 7. The summed E-state index contributed by atoms with van der Waals surface area (Å²) in [5, 5.41) is 30.0. The predicted molar refractivity (Wildman–Crippen MR) is 190 cm³/mol.